The molecule has 1 aliphatic rings. The lowest BCUT2D eigenvalue weighted by atomic mass is 10.2. The number of carbonyl (C=O) groups excluding carboxylic acids is 1. The Morgan fingerprint density at radius 3 is 3.10 bits per heavy atom. The van der Waals surface area contributed by atoms with Crippen molar-refractivity contribution in [3.63, 3.8) is 0 Å². The maximum atomic E-state index is 11.5. The first-order valence-electron chi connectivity index (χ1n) is 6.31. The lowest BCUT2D eigenvalue weighted by molar-refractivity contribution is -0.0370. The minimum absolute atomic E-state index is 0.0198. The molecule has 0 aromatic carbocycles. The first-order valence-corrected chi connectivity index (χ1v) is 6.69. The molecule has 7 nitrogen and oxygen atoms in total. The van der Waals surface area contributed by atoms with Crippen LogP contribution in [0.4, 0.5) is 0 Å². The Bertz CT molecular complexity index is 651. The molecule has 1 unspecified atom stereocenters. The average Bonchev–Trinajstić information content (AvgIpc) is 2.84. The lowest BCUT2D eigenvalue weighted by Crippen LogP contribution is -2.20. The normalized spacial score (nSPS) is 19.2. The second kappa shape index (κ2) is 5.34. The van der Waals surface area contributed by atoms with E-state index in [1.807, 2.05) is 0 Å². The third kappa shape index (κ3) is 2.23. The zero-order valence-corrected chi connectivity index (χ0v) is 11.6. The smallest absolute Gasteiger partial charge is 0.376 e. The summed E-state index contributed by atoms with van der Waals surface area (Å²) in [6.45, 7) is 0.679. The van der Waals surface area contributed by atoms with Gasteiger partial charge in [-0.25, -0.2) is 19.4 Å². The van der Waals surface area contributed by atoms with E-state index in [1.165, 1.54) is 13.3 Å². The van der Waals surface area contributed by atoms with Crippen LogP contribution in [0.25, 0.3) is 11.0 Å². The van der Waals surface area contributed by atoms with Crippen molar-refractivity contribution in [2.75, 3.05) is 13.7 Å². The molecule has 1 saturated heterocycles. The Hall–Kier alpha value is -1.73. The average molecular weight is 297 g/mol. The summed E-state index contributed by atoms with van der Waals surface area (Å²) in [5.74, 6) is -0.617. The molecule has 106 valence electrons. The minimum Gasteiger partial charge on any atom is -0.463 e. The van der Waals surface area contributed by atoms with Gasteiger partial charge < -0.3 is 9.47 Å². The molecule has 20 heavy (non-hydrogen) atoms. The van der Waals surface area contributed by atoms with Crippen LogP contribution in [-0.2, 0) is 9.47 Å². The number of rotatable bonds is 2. The zero-order valence-electron chi connectivity index (χ0n) is 10.9. The van der Waals surface area contributed by atoms with Gasteiger partial charge in [-0.15, -0.1) is 0 Å². The highest BCUT2D eigenvalue weighted by Crippen LogP contribution is 2.28. The van der Waals surface area contributed by atoms with Crippen molar-refractivity contribution >= 4 is 28.6 Å². The topological polar surface area (TPSA) is 79.1 Å². The molecule has 0 N–H and O–H groups in total. The van der Waals surface area contributed by atoms with E-state index in [0.717, 1.165) is 19.3 Å². The second-order valence-corrected chi connectivity index (χ2v) is 4.84. The molecule has 2 aromatic heterocycles. The maximum Gasteiger partial charge on any atom is 0.376 e. The van der Waals surface area contributed by atoms with Gasteiger partial charge in [-0.3, -0.25) is 0 Å². The number of methoxy groups -OCH3 is 1. The van der Waals surface area contributed by atoms with Gasteiger partial charge in [0.05, 0.1) is 12.5 Å². The largest absolute Gasteiger partial charge is 0.463 e. The molecule has 3 heterocycles. The maximum absolute atomic E-state index is 11.5. The van der Waals surface area contributed by atoms with Crippen LogP contribution in [-0.4, -0.2) is 39.4 Å². The number of halogens is 1. The Morgan fingerprint density at radius 1 is 1.55 bits per heavy atom. The van der Waals surface area contributed by atoms with E-state index in [1.54, 1.807) is 4.68 Å². The molecule has 1 aliphatic heterocycles. The molecular weight excluding hydrogens is 284 g/mol. The third-order valence-electron chi connectivity index (χ3n) is 3.20. The number of esters is 1. The Labute approximate surface area is 119 Å². The molecule has 0 aliphatic carbocycles. The second-order valence-electron chi connectivity index (χ2n) is 4.48. The van der Waals surface area contributed by atoms with Gasteiger partial charge in [-0.2, -0.15) is 5.10 Å². The van der Waals surface area contributed by atoms with Crippen LogP contribution < -0.4 is 0 Å². The number of fused-ring (bicyclic) bond motifs is 1. The quantitative estimate of drug-likeness (QED) is 0.788. The molecule has 8 heteroatoms. The van der Waals surface area contributed by atoms with Crippen LogP contribution in [0.5, 0.6) is 0 Å². The molecule has 0 spiro atoms. The molecule has 0 bridgehead atoms. The van der Waals surface area contributed by atoms with Crippen molar-refractivity contribution in [1.82, 2.24) is 19.7 Å². The third-order valence-corrected chi connectivity index (χ3v) is 3.48. The van der Waals surface area contributed by atoms with Crippen LogP contribution >= 0.6 is 11.6 Å². The Balaban J connectivity index is 2.08. The van der Waals surface area contributed by atoms with Gasteiger partial charge in [0.1, 0.15) is 0 Å². The summed E-state index contributed by atoms with van der Waals surface area (Å²) < 4.78 is 11.9. The van der Waals surface area contributed by atoms with Gasteiger partial charge in [0.15, 0.2) is 17.0 Å². The fourth-order valence-electron chi connectivity index (χ4n) is 2.20. The number of ether oxygens (including phenoxy) is 2. The van der Waals surface area contributed by atoms with Crippen molar-refractivity contribution in [3.8, 4) is 0 Å². The first-order chi connectivity index (χ1) is 9.70. The summed E-state index contributed by atoms with van der Waals surface area (Å²) in [7, 11) is 1.28. The van der Waals surface area contributed by atoms with Gasteiger partial charge in [-0.1, -0.05) is 11.6 Å². The van der Waals surface area contributed by atoms with Gasteiger partial charge in [0.2, 0.25) is 5.82 Å². The van der Waals surface area contributed by atoms with Gasteiger partial charge in [0, 0.05) is 12.8 Å². The van der Waals surface area contributed by atoms with Crippen LogP contribution in [0, 0.1) is 0 Å². The summed E-state index contributed by atoms with van der Waals surface area (Å²) >= 11 is 6.08. The molecule has 1 fully saturated rings. The fourth-order valence-corrected chi connectivity index (χ4v) is 2.41. The van der Waals surface area contributed by atoms with E-state index < -0.39 is 5.97 Å². The monoisotopic (exact) mass is 296 g/mol. The van der Waals surface area contributed by atoms with Crippen LogP contribution in [0.3, 0.4) is 0 Å². The summed E-state index contributed by atoms with van der Waals surface area (Å²) in [4.78, 5) is 19.6. The highest BCUT2D eigenvalue weighted by molar-refractivity contribution is 6.34. The molecule has 0 amide bonds. The van der Waals surface area contributed by atoms with E-state index >= 15 is 0 Å². The van der Waals surface area contributed by atoms with Crippen molar-refractivity contribution in [2.24, 2.45) is 0 Å². The zero-order chi connectivity index (χ0) is 14.1. The summed E-state index contributed by atoms with van der Waals surface area (Å²) in [6.07, 6.45) is 4.19. The lowest BCUT2D eigenvalue weighted by Gasteiger charge is -2.22. The molecular formula is C12H13ClN4O3. The fraction of sp³-hybridized carbons (Fsp3) is 0.500. The molecule has 1 atom stereocenters. The van der Waals surface area contributed by atoms with Gasteiger partial charge in [-0.05, 0) is 19.3 Å². The van der Waals surface area contributed by atoms with E-state index in [2.05, 4.69) is 19.8 Å². The standard InChI is InChI=1S/C12H13ClN4O3/c1-19-12(18)10-14-6-7-9(13)16-17(11(7)15-10)8-4-2-3-5-20-8/h6,8H,2-5H2,1H3. The van der Waals surface area contributed by atoms with Crippen LogP contribution in [0.15, 0.2) is 6.20 Å². The summed E-state index contributed by atoms with van der Waals surface area (Å²) in [6, 6.07) is 0. The SMILES string of the molecule is COC(=O)c1ncc2c(Cl)nn(C3CCCCO3)c2n1. The van der Waals surface area contributed by atoms with Crippen LogP contribution in [0.1, 0.15) is 36.1 Å². The van der Waals surface area contributed by atoms with E-state index in [4.69, 9.17) is 16.3 Å². The number of nitrogens with zero attached hydrogens (tertiary/aromatic N) is 4. The number of carbonyl (C=O) groups is 1. The number of aromatic nitrogens is 4. The van der Waals surface area contributed by atoms with E-state index in [0.29, 0.717) is 22.8 Å². The highest BCUT2D eigenvalue weighted by atomic mass is 35.5. The molecule has 0 radical (unpaired) electrons. The number of hydrogen-bond acceptors (Lipinski definition) is 6. The van der Waals surface area contributed by atoms with Crippen molar-refractivity contribution in [2.45, 2.75) is 25.5 Å². The summed E-state index contributed by atoms with van der Waals surface area (Å²) in [5, 5.41) is 5.13. The van der Waals surface area contributed by atoms with E-state index in [9.17, 15) is 4.79 Å². The van der Waals surface area contributed by atoms with E-state index in [-0.39, 0.29) is 12.1 Å². The predicted molar refractivity (Wildman–Crippen MR) is 70.5 cm³/mol. The molecule has 0 saturated carbocycles. The minimum atomic E-state index is -0.597. The first kappa shape index (κ1) is 13.3. The Morgan fingerprint density at radius 2 is 2.40 bits per heavy atom. The molecule has 3 rings (SSSR count). The predicted octanol–water partition coefficient (Wildman–Crippen LogP) is 1.97. The van der Waals surface area contributed by atoms with Gasteiger partial charge >= 0.3 is 5.97 Å². The molecule has 2 aromatic rings. The van der Waals surface area contributed by atoms with Crippen LogP contribution in [0.2, 0.25) is 5.15 Å². The van der Waals surface area contributed by atoms with Crippen molar-refractivity contribution in [1.29, 1.82) is 0 Å². The van der Waals surface area contributed by atoms with Crippen molar-refractivity contribution < 1.29 is 14.3 Å². The van der Waals surface area contributed by atoms with Crippen molar-refractivity contribution in [3.05, 3.63) is 17.2 Å². The number of hydrogen-bond donors (Lipinski definition) is 0. The van der Waals surface area contributed by atoms with Gasteiger partial charge in [0.25, 0.3) is 0 Å². The summed E-state index contributed by atoms with van der Waals surface area (Å²) in [5.41, 5.74) is 0.484. The highest BCUT2D eigenvalue weighted by Gasteiger charge is 2.23. The Kier molecular flexibility index (Phi) is 3.54.